The maximum absolute atomic E-state index is 11.9. The Labute approximate surface area is 187 Å². The Kier molecular flexibility index (Phi) is 7.23. The molecule has 0 amide bonds. The van der Waals surface area contributed by atoms with Gasteiger partial charge in [-0.05, 0) is 71.0 Å². The predicted octanol–water partition coefficient (Wildman–Crippen LogP) is 3.27. The number of rotatable bonds is 8. The third-order valence-corrected chi connectivity index (χ3v) is 8.56. The van der Waals surface area contributed by atoms with E-state index in [1.165, 1.54) is 18.4 Å². The molecule has 0 N–H and O–H groups in total. The van der Waals surface area contributed by atoms with Gasteiger partial charge in [0, 0.05) is 11.0 Å². The number of hydrogen-bond acceptors (Lipinski definition) is 7. The van der Waals surface area contributed by atoms with Crippen LogP contribution < -0.4 is 0 Å². The van der Waals surface area contributed by atoms with E-state index in [-0.39, 0.29) is 5.54 Å². The molecule has 176 valence electrons. The first-order chi connectivity index (χ1) is 14.4. The normalized spacial score (nSPS) is 30.2. The van der Waals surface area contributed by atoms with Gasteiger partial charge in [0.1, 0.15) is 0 Å². The summed E-state index contributed by atoms with van der Waals surface area (Å²) in [7, 11) is -7.40. The lowest BCUT2D eigenvalue weighted by Crippen LogP contribution is -2.55. The fraction of sp³-hybridized carbons (Fsp3) is 0.727. The average molecular weight is 474 g/mol. The van der Waals surface area contributed by atoms with Crippen LogP contribution in [0.4, 0.5) is 0 Å². The Balaban J connectivity index is 1.96. The maximum Gasteiger partial charge on any atom is 0.264 e. The molecular weight excluding hydrogens is 438 g/mol. The summed E-state index contributed by atoms with van der Waals surface area (Å²) in [5, 5.41) is 0. The lowest BCUT2D eigenvalue weighted by molar-refractivity contribution is -0.0847. The third-order valence-electron chi connectivity index (χ3n) is 7.29. The molecule has 9 heteroatoms. The summed E-state index contributed by atoms with van der Waals surface area (Å²) in [4.78, 5) is 2.55. The highest BCUT2D eigenvalue weighted by molar-refractivity contribution is 7.86. The molecule has 2 unspecified atom stereocenters. The monoisotopic (exact) mass is 473 g/mol. The highest BCUT2D eigenvalue weighted by atomic mass is 32.2. The molecule has 31 heavy (non-hydrogen) atoms. The van der Waals surface area contributed by atoms with Crippen molar-refractivity contribution >= 4 is 20.2 Å². The standard InChI is InChI=1S/C22H35NO6S2/c1-18(28-30(3,24)25)21(19(2)29-31(4,26)27)12-14-22(15-13-21,23-16-8-9-17-23)20-10-6-5-7-11-20/h5-7,10-11,18-19H,8-9,12-17H2,1-4H3. The predicted molar refractivity (Wildman–Crippen MR) is 121 cm³/mol. The van der Waals surface area contributed by atoms with Gasteiger partial charge in [0.15, 0.2) is 0 Å². The zero-order chi connectivity index (χ0) is 22.9. The van der Waals surface area contributed by atoms with Gasteiger partial charge in [-0.1, -0.05) is 30.3 Å². The molecule has 1 aromatic carbocycles. The SMILES string of the molecule is CC(OS(C)(=O)=O)C1(C(C)OS(C)(=O)=O)CCC(c2ccccc2)(N2CCCC2)CC1. The van der Waals surface area contributed by atoms with E-state index in [0.29, 0.717) is 12.8 Å². The number of benzene rings is 1. The van der Waals surface area contributed by atoms with Gasteiger partial charge in [-0.3, -0.25) is 13.3 Å². The summed E-state index contributed by atoms with van der Waals surface area (Å²) < 4.78 is 58.4. The molecular formula is C22H35NO6S2. The molecule has 1 heterocycles. The molecule has 1 aliphatic heterocycles. The average Bonchev–Trinajstić information content (AvgIpc) is 3.21. The van der Waals surface area contributed by atoms with Crippen molar-refractivity contribution in [2.45, 2.75) is 70.1 Å². The van der Waals surface area contributed by atoms with Crippen LogP contribution >= 0.6 is 0 Å². The van der Waals surface area contributed by atoms with Gasteiger partial charge in [0.2, 0.25) is 0 Å². The minimum atomic E-state index is -3.70. The Hall–Kier alpha value is -1.00. The second-order valence-corrected chi connectivity index (χ2v) is 12.4. The van der Waals surface area contributed by atoms with E-state index in [4.69, 9.17) is 8.37 Å². The van der Waals surface area contributed by atoms with Gasteiger partial charge in [-0.25, -0.2) is 0 Å². The second kappa shape index (κ2) is 9.09. The fourth-order valence-corrected chi connectivity index (χ4v) is 7.10. The van der Waals surface area contributed by atoms with Crippen LogP contribution in [0.1, 0.15) is 57.9 Å². The van der Waals surface area contributed by atoms with Crippen LogP contribution in [-0.2, 0) is 34.1 Å². The molecule has 7 nitrogen and oxygen atoms in total. The molecule has 0 bridgehead atoms. The Morgan fingerprint density at radius 3 is 1.68 bits per heavy atom. The Morgan fingerprint density at radius 2 is 1.26 bits per heavy atom. The van der Waals surface area contributed by atoms with E-state index < -0.39 is 37.9 Å². The van der Waals surface area contributed by atoms with E-state index in [1.807, 2.05) is 6.07 Å². The molecule has 2 fully saturated rings. The summed E-state index contributed by atoms with van der Waals surface area (Å²) in [6.45, 7) is 5.50. The molecule has 2 atom stereocenters. The largest absolute Gasteiger partial charge is 0.294 e. The topological polar surface area (TPSA) is 90.0 Å². The molecule has 1 aromatic rings. The van der Waals surface area contributed by atoms with Crippen molar-refractivity contribution in [3.63, 3.8) is 0 Å². The van der Waals surface area contributed by atoms with Gasteiger partial charge in [-0.15, -0.1) is 0 Å². The summed E-state index contributed by atoms with van der Waals surface area (Å²) in [6, 6.07) is 10.5. The first-order valence-corrected chi connectivity index (χ1v) is 14.6. The van der Waals surface area contributed by atoms with Gasteiger partial charge >= 0.3 is 0 Å². The number of nitrogens with zero attached hydrogens (tertiary/aromatic N) is 1. The lowest BCUT2D eigenvalue weighted by atomic mass is 9.60. The molecule has 2 aliphatic rings. The van der Waals surface area contributed by atoms with Crippen LogP contribution in [0.2, 0.25) is 0 Å². The van der Waals surface area contributed by atoms with Crippen molar-refractivity contribution in [1.82, 2.24) is 4.90 Å². The number of hydrogen-bond donors (Lipinski definition) is 0. The third kappa shape index (κ3) is 5.50. The molecule has 1 saturated heterocycles. The molecule has 0 spiro atoms. The van der Waals surface area contributed by atoms with E-state index >= 15 is 0 Å². The van der Waals surface area contributed by atoms with Crippen LogP contribution in [-0.4, -0.2) is 59.5 Å². The number of likely N-dealkylation sites (tertiary alicyclic amines) is 1. The molecule has 0 aromatic heterocycles. The summed E-state index contributed by atoms with van der Waals surface area (Å²) in [5.41, 5.74) is 0.389. The van der Waals surface area contributed by atoms with Crippen LogP contribution in [0.25, 0.3) is 0 Å². The summed E-state index contributed by atoms with van der Waals surface area (Å²) in [6.07, 6.45) is 5.76. The molecule has 1 saturated carbocycles. The summed E-state index contributed by atoms with van der Waals surface area (Å²) in [5.74, 6) is 0. The molecule has 0 radical (unpaired) electrons. The van der Waals surface area contributed by atoms with Gasteiger partial charge in [0.05, 0.1) is 24.7 Å². The minimum Gasteiger partial charge on any atom is -0.294 e. The minimum absolute atomic E-state index is 0.142. The van der Waals surface area contributed by atoms with Crippen molar-refractivity contribution in [2.24, 2.45) is 5.41 Å². The van der Waals surface area contributed by atoms with Gasteiger partial charge in [-0.2, -0.15) is 16.8 Å². The Morgan fingerprint density at radius 1 is 0.806 bits per heavy atom. The summed E-state index contributed by atoms with van der Waals surface area (Å²) >= 11 is 0. The molecule has 1 aliphatic carbocycles. The van der Waals surface area contributed by atoms with Gasteiger partial charge in [0.25, 0.3) is 20.2 Å². The van der Waals surface area contributed by atoms with Crippen LogP contribution in [0, 0.1) is 5.41 Å². The smallest absolute Gasteiger partial charge is 0.264 e. The van der Waals surface area contributed by atoms with E-state index in [9.17, 15) is 16.8 Å². The van der Waals surface area contributed by atoms with E-state index in [0.717, 1.165) is 38.4 Å². The second-order valence-electron chi connectivity index (χ2n) is 9.21. The lowest BCUT2D eigenvalue weighted by Gasteiger charge is -2.53. The van der Waals surface area contributed by atoms with Crippen molar-refractivity contribution in [3.8, 4) is 0 Å². The fourth-order valence-electron chi connectivity index (χ4n) is 5.67. The van der Waals surface area contributed by atoms with Gasteiger partial charge < -0.3 is 0 Å². The maximum atomic E-state index is 11.9. The first-order valence-electron chi connectivity index (χ1n) is 11.0. The van der Waals surface area contributed by atoms with Crippen molar-refractivity contribution < 1.29 is 25.2 Å². The molecule has 3 rings (SSSR count). The van der Waals surface area contributed by atoms with Crippen molar-refractivity contribution in [2.75, 3.05) is 25.6 Å². The van der Waals surface area contributed by atoms with Crippen LogP contribution in [0.5, 0.6) is 0 Å². The zero-order valence-corrected chi connectivity index (χ0v) is 20.5. The highest BCUT2D eigenvalue weighted by Gasteiger charge is 2.53. The zero-order valence-electron chi connectivity index (χ0n) is 18.9. The van der Waals surface area contributed by atoms with Crippen molar-refractivity contribution in [3.05, 3.63) is 35.9 Å². The van der Waals surface area contributed by atoms with Crippen molar-refractivity contribution in [1.29, 1.82) is 0 Å². The van der Waals surface area contributed by atoms with Crippen LogP contribution in [0.3, 0.4) is 0 Å². The van der Waals surface area contributed by atoms with E-state index in [1.54, 1.807) is 13.8 Å². The quantitative estimate of drug-likeness (QED) is 0.535. The Bertz CT molecular complexity index is 905. The van der Waals surface area contributed by atoms with E-state index in [2.05, 4.69) is 29.2 Å². The first kappa shape index (κ1) is 24.6. The highest BCUT2D eigenvalue weighted by Crippen LogP contribution is 2.54. The van der Waals surface area contributed by atoms with Crippen LogP contribution in [0.15, 0.2) is 30.3 Å².